The number of pyridine rings is 1. The molecule has 3 atom stereocenters. The Morgan fingerprint density at radius 1 is 1.43 bits per heavy atom. The van der Waals surface area contributed by atoms with Crippen LogP contribution in [0.2, 0.25) is 0 Å². The van der Waals surface area contributed by atoms with E-state index in [1.54, 1.807) is 17.5 Å². The maximum atomic E-state index is 6.12. The van der Waals surface area contributed by atoms with Crippen LogP contribution in [0.3, 0.4) is 0 Å². The number of thiazole rings is 1. The zero-order valence-electron chi connectivity index (χ0n) is 13.2. The van der Waals surface area contributed by atoms with Gasteiger partial charge >= 0.3 is 0 Å². The number of hydrogen-bond acceptors (Lipinski definition) is 6. The molecule has 4 rings (SSSR count). The second-order valence-electron chi connectivity index (χ2n) is 6.16. The molecule has 2 aliphatic heterocycles. The number of hydrogen-bond donors (Lipinski definition) is 0. The summed E-state index contributed by atoms with van der Waals surface area (Å²) in [5, 5.41) is 3.28. The van der Waals surface area contributed by atoms with Crippen molar-refractivity contribution in [2.45, 2.75) is 44.6 Å². The molecule has 2 aliphatic rings. The number of rotatable bonds is 4. The Balaban J connectivity index is 1.49. The molecule has 122 valence electrons. The first-order chi connectivity index (χ1) is 11.3. The van der Waals surface area contributed by atoms with Gasteiger partial charge < -0.3 is 9.47 Å². The molecule has 2 saturated heterocycles. The average molecular weight is 331 g/mol. The average Bonchev–Trinajstić information content (AvgIpc) is 3.14. The fraction of sp³-hybridized carbons (Fsp3) is 0.529. The minimum atomic E-state index is 0.0370. The third-order valence-corrected chi connectivity index (χ3v) is 5.35. The van der Waals surface area contributed by atoms with Gasteiger partial charge in [-0.25, -0.2) is 9.97 Å². The van der Waals surface area contributed by atoms with Gasteiger partial charge in [-0.1, -0.05) is 6.07 Å². The summed E-state index contributed by atoms with van der Waals surface area (Å²) in [6, 6.07) is 6.18. The molecule has 4 heterocycles. The SMILES string of the molecule is Cc1nc(CN2C[C@H](Oc3ccccn3)[C@@H]3OCCC[C@@H]32)cs1. The van der Waals surface area contributed by atoms with E-state index < -0.39 is 0 Å². The van der Waals surface area contributed by atoms with Crippen molar-refractivity contribution >= 4 is 11.3 Å². The van der Waals surface area contributed by atoms with Crippen molar-refractivity contribution in [3.05, 3.63) is 40.5 Å². The van der Waals surface area contributed by atoms with E-state index in [-0.39, 0.29) is 12.2 Å². The second-order valence-corrected chi connectivity index (χ2v) is 7.22. The van der Waals surface area contributed by atoms with Gasteiger partial charge in [-0.15, -0.1) is 11.3 Å². The van der Waals surface area contributed by atoms with Crippen LogP contribution < -0.4 is 4.74 Å². The lowest BCUT2D eigenvalue weighted by Gasteiger charge is -2.31. The molecule has 5 nitrogen and oxygen atoms in total. The summed E-state index contributed by atoms with van der Waals surface area (Å²) in [6.07, 6.45) is 4.21. The summed E-state index contributed by atoms with van der Waals surface area (Å²) in [4.78, 5) is 11.4. The third kappa shape index (κ3) is 3.24. The molecule has 0 bridgehead atoms. The molecule has 6 heteroatoms. The number of ether oxygens (including phenoxy) is 2. The number of aryl methyl sites for hydroxylation is 1. The summed E-state index contributed by atoms with van der Waals surface area (Å²) in [6.45, 7) is 4.62. The quantitative estimate of drug-likeness (QED) is 0.862. The molecular formula is C17H21N3O2S. The fourth-order valence-electron chi connectivity index (χ4n) is 3.55. The molecule has 0 aliphatic carbocycles. The van der Waals surface area contributed by atoms with Crippen molar-refractivity contribution in [1.82, 2.24) is 14.9 Å². The number of fused-ring (bicyclic) bond motifs is 1. The molecule has 0 aromatic carbocycles. The summed E-state index contributed by atoms with van der Waals surface area (Å²) in [7, 11) is 0. The van der Waals surface area contributed by atoms with E-state index in [0.717, 1.165) is 43.2 Å². The topological polar surface area (TPSA) is 47.5 Å². The van der Waals surface area contributed by atoms with E-state index in [1.165, 1.54) is 0 Å². The summed E-state index contributed by atoms with van der Waals surface area (Å²) in [5.41, 5.74) is 1.15. The largest absolute Gasteiger partial charge is 0.470 e. The van der Waals surface area contributed by atoms with Gasteiger partial charge in [0.15, 0.2) is 0 Å². The lowest BCUT2D eigenvalue weighted by Crippen LogP contribution is -2.42. The number of aromatic nitrogens is 2. The Kier molecular flexibility index (Phi) is 4.29. The molecule has 2 fully saturated rings. The van der Waals surface area contributed by atoms with Crippen LogP contribution in [0, 0.1) is 6.92 Å². The Hall–Kier alpha value is -1.50. The van der Waals surface area contributed by atoms with E-state index in [4.69, 9.17) is 9.47 Å². The van der Waals surface area contributed by atoms with Crippen LogP contribution in [0.5, 0.6) is 5.88 Å². The Morgan fingerprint density at radius 2 is 2.39 bits per heavy atom. The van der Waals surface area contributed by atoms with Crippen molar-refractivity contribution in [3.8, 4) is 5.88 Å². The predicted octanol–water partition coefficient (Wildman–Crippen LogP) is 2.66. The zero-order valence-corrected chi connectivity index (χ0v) is 14.0. The van der Waals surface area contributed by atoms with Gasteiger partial charge in [0.2, 0.25) is 5.88 Å². The van der Waals surface area contributed by atoms with Crippen molar-refractivity contribution < 1.29 is 9.47 Å². The van der Waals surface area contributed by atoms with Gasteiger partial charge in [0.05, 0.1) is 10.7 Å². The van der Waals surface area contributed by atoms with E-state index in [2.05, 4.69) is 27.2 Å². The first kappa shape index (κ1) is 15.1. The Morgan fingerprint density at radius 3 is 3.17 bits per heavy atom. The summed E-state index contributed by atoms with van der Waals surface area (Å²) in [5.74, 6) is 0.678. The van der Waals surface area contributed by atoms with Gasteiger partial charge in [0.1, 0.15) is 12.2 Å². The predicted molar refractivity (Wildman–Crippen MR) is 88.7 cm³/mol. The van der Waals surface area contributed by atoms with Gasteiger partial charge in [0.25, 0.3) is 0 Å². The molecule has 2 aromatic rings. The standard InChI is InChI=1S/C17H21N3O2S/c1-12-19-13(11-23-12)9-20-10-15(17-14(20)5-4-8-21-17)22-16-6-2-3-7-18-16/h2-3,6-7,11,14-15,17H,4-5,8-10H2,1H3/t14-,15-,17+/m0/s1. The van der Waals surface area contributed by atoms with Crippen molar-refractivity contribution in [2.24, 2.45) is 0 Å². The first-order valence-corrected chi connectivity index (χ1v) is 9.02. The van der Waals surface area contributed by atoms with Gasteiger partial charge in [-0.2, -0.15) is 0 Å². The smallest absolute Gasteiger partial charge is 0.213 e. The van der Waals surface area contributed by atoms with Crippen molar-refractivity contribution in [3.63, 3.8) is 0 Å². The number of nitrogens with zero attached hydrogens (tertiary/aromatic N) is 3. The molecule has 0 amide bonds. The first-order valence-electron chi connectivity index (χ1n) is 8.14. The van der Waals surface area contributed by atoms with Gasteiger partial charge in [-0.05, 0) is 25.8 Å². The highest BCUT2D eigenvalue weighted by Gasteiger charge is 2.45. The minimum Gasteiger partial charge on any atom is -0.470 e. The highest BCUT2D eigenvalue weighted by Crippen LogP contribution is 2.32. The van der Waals surface area contributed by atoms with E-state index in [0.29, 0.717) is 11.9 Å². The van der Waals surface area contributed by atoms with Crippen LogP contribution in [0.4, 0.5) is 0 Å². The molecular weight excluding hydrogens is 310 g/mol. The van der Waals surface area contributed by atoms with Crippen LogP contribution in [0.15, 0.2) is 29.8 Å². The molecule has 0 radical (unpaired) electrons. The van der Waals surface area contributed by atoms with Crippen molar-refractivity contribution in [1.29, 1.82) is 0 Å². The highest BCUT2D eigenvalue weighted by atomic mass is 32.1. The van der Waals surface area contributed by atoms with E-state index >= 15 is 0 Å². The second kappa shape index (κ2) is 6.55. The van der Waals surface area contributed by atoms with Gasteiger partial charge in [0, 0.05) is 43.4 Å². The molecule has 0 spiro atoms. The highest BCUT2D eigenvalue weighted by molar-refractivity contribution is 7.09. The molecule has 0 saturated carbocycles. The molecule has 2 aromatic heterocycles. The molecule has 0 unspecified atom stereocenters. The zero-order chi connectivity index (χ0) is 15.6. The third-order valence-electron chi connectivity index (χ3n) is 4.53. The van der Waals surface area contributed by atoms with Crippen LogP contribution in [-0.4, -0.2) is 46.3 Å². The normalized spacial score (nSPS) is 27.8. The van der Waals surface area contributed by atoms with E-state index in [9.17, 15) is 0 Å². The Labute approximate surface area is 140 Å². The lowest BCUT2D eigenvalue weighted by molar-refractivity contribution is -0.0480. The minimum absolute atomic E-state index is 0.0370. The number of likely N-dealkylation sites (tertiary alicyclic amines) is 1. The lowest BCUT2D eigenvalue weighted by atomic mass is 10.0. The maximum Gasteiger partial charge on any atom is 0.213 e. The summed E-state index contributed by atoms with van der Waals surface area (Å²) >= 11 is 1.71. The van der Waals surface area contributed by atoms with Crippen molar-refractivity contribution in [2.75, 3.05) is 13.2 Å². The van der Waals surface area contributed by atoms with E-state index in [1.807, 2.05) is 18.2 Å². The molecule has 0 N–H and O–H groups in total. The fourth-order valence-corrected chi connectivity index (χ4v) is 4.15. The Bertz CT molecular complexity index is 648. The molecule has 23 heavy (non-hydrogen) atoms. The monoisotopic (exact) mass is 331 g/mol. The maximum absolute atomic E-state index is 6.12. The van der Waals surface area contributed by atoms with Crippen LogP contribution in [0.25, 0.3) is 0 Å². The summed E-state index contributed by atoms with van der Waals surface area (Å²) < 4.78 is 12.2. The van der Waals surface area contributed by atoms with Crippen LogP contribution in [0.1, 0.15) is 23.5 Å². The van der Waals surface area contributed by atoms with Crippen LogP contribution in [-0.2, 0) is 11.3 Å². The van der Waals surface area contributed by atoms with Crippen LogP contribution >= 0.6 is 11.3 Å². The van der Waals surface area contributed by atoms with Gasteiger partial charge in [-0.3, -0.25) is 4.90 Å².